The number of aryl methyl sites for hydroxylation is 1. The lowest BCUT2D eigenvalue weighted by atomic mass is 10.0. The molecule has 1 atom stereocenters. The van der Waals surface area contributed by atoms with Gasteiger partial charge < -0.3 is 14.8 Å². The molecule has 0 spiro atoms. The van der Waals surface area contributed by atoms with Crippen molar-refractivity contribution in [3.63, 3.8) is 0 Å². The van der Waals surface area contributed by atoms with E-state index in [4.69, 9.17) is 9.47 Å². The Kier molecular flexibility index (Phi) is 3.69. The zero-order valence-electron chi connectivity index (χ0n) is 10.8. The quantitative estimate of drug-likeness (QED) is 0.887. The van der Waals surface area contributed by atoms with Gasteiger partial charge in [-0.1, -0.05) is 12.1 Å². The number of para-hydroxylation sites is 1. The van der Waals surface area contributed by atoms with Crippen molar-refractivity contribution in [3.05, 3.63) is 23.8 Å². The molecule has 2 aliphatic rings. The third kappa shape index (κ3) is 2.61. The first-order chi connectivity index (χ1) is 8.93. The van der Waals surface area contributed by atoms with Crippen LogP contribution in [-0.2, 0) is 11.2 Å². The molecule has 98 valence electrons. The Morgan fingerprint density at radius 1 is 1.33 bits per heavy atom. The van der Waals surface area contributed by atoms with Gasteiger partial charge in [0.25, 0.3) is 0 Å². The third-order valence-corrected chi connectivity index (χ3v) is 3.76. The average Bonchev–Trinajstić information content (AvgIpc) is 2.92. The number of fused-ring (bicyclic) bond motifs is 1. The summed E-state index contributed by atoms with van der Waals surface area (Å²) in [7, 11) is 0. The fourth-order valence-corrected chi connectivity index (χ4v) is 2.77. The lowest BCUT2D eigenvalue weighted by Crippen LogP contribution is -2.15. The third-order valence-electron chi connectivity index (χ3n) is 3.76. The SMILES string of the molecule is c1cc2c(c(OCCC3CCCO3)c1)NCCC2. The molecule has 1 aromatic carbocycles. The fraction of sp³-hybridized carbons (Fsp3) is 0.600. The molecule has 0 saturated carbocycles. The van der Waals surface area contributed by atoms with E-state index in [-0.39, 0.29) is 0 Å². The number of ether oxygens (including phenoxy) is 2. The number of nitrogens with one attached hydrogen (secondary N) is 1. The van der Waals surface area contributed by atoms with Gasteiger partial charge in [0.1, 0.15) is 5.75 Å². The van der Waals surface area contributed by atoms with Crippen LogP contribution in [0.2, 0.25) is 0 Å². The van der Waals surface area contributed by atoms with Gasteiger partial charge in [-0.2, -0.15) is 0 Å². The van der Waals surface area contributed by atoms with Crippen LogP contribution in [0.1, 0.15) is 31.2 Å². The molecule has 18 heavy (non-hydrogen) atoms. The minimum atomic E-state index is 0.414. The van der Waals surface area contributed by atoms with Crippen molar-refractivity contribution in [2.24, 2.45) is 0 Å². The first-order valence-electron chi connectivity index (χ1n) is 7.03. The van der Waals surface area contributed by atoms with E-state index in [0.29, 0.717) is 6.10 Å². The molecule has 1 aromatic rings. The zero-order chi connectivity index (χ0) is 12.2. The van der Waals surface area contributed by atoms with Crippen molar-refractivity contribution in [2.45, 2.75) is 38.2 Å². The van der Waals surface area contributed by atoms with Gasteiger partial charge in [0.2, 0.25) is 0 Å². The maximum atomic E-state index is 5.92. The topological polar surface area (TPSA) is 30.5 Å². The van der Waals surface area contributed by atoms with Gasteiger partial charge >= 0.3 is 0 Å². The van der Waals surface area contributed by atoms with E-state index in [9.17, 15) is 0 Å². The van der Waals surface area contributed by atoms with Crippen LogP contribution >= 0.6 is 0 Å². The second-order valence-corrected chi connectivity index (χ2v) is 5.09. The van der Waals surface area contributed by atoms with Gasteiger partial charge in [-0.15, -0.1) is 0 Å². The Morgan fingerprint density at radius 3 is 3.22 bits per heavy atom. The van der Waals surface area contributed by atoms with Crippen molar-refractivity contribution in [3.8, 4) is 5.75 Å². The molecular weight excluding hydrogens is 226 g/mol. The molecule has 0 radical (unpaired) electrons. The van der Waals surface area contributed by atoms with Crippen LogP contribution in [0.25, 0.3) is 0 Å². The molecular formula is C15H21NO2. The van der Waals surface area contributed by atoms with E-state index < -0.39 is 0 Å². The van der Waals surface area contributed by atoms with Gasteiger partial charge in [-0.05, 0) is 37.3 Å². The van der Waals surface area contributed by atoms with Crippen LogP contribution in [0, 0.1) is 0 Å². The summed E-state index contributed by atoms with van der Waals surface area (Å²) in [6.07, 6.45) is 6.18. The highest BCUT2D eigenvalue weighted by atomic mass is 16.5. The molecule has 1 N–H and O–H groups in total. The normalized spacial score (nSPS) is 22.3. The molecule has 0 amide bonds. The second kappa shape index (κ2) is 5.61. The van der Waals surface area contributed by atoms with Gasteiger partial charge in [-0.3, -0.25) is 0 Å². The summed E-state index contributed by atoms with van der Waals surface area (Å²) >= 11 is 0. The standard InChI is InChI=1S/C15H21NO2/c1-4-12-5-2-9-16-15(12)14(7-1)18-11-8-13-6-3-10-17-13/h1,4,7,13,16H,2-3,5-6,8-11H2. The molecule has 3 heteroatoms. The lowest BCUT2D eigenvalue weighted by molar-refractivity contribution is 0.0904. The van der Waals surface area contributed by atoms with Crippen molar-refractivity contribution >= 4 is 5.69 Å². The largest absolute Gasteiger partial charge is 0.491 e. The maximum Gasteiger partial charge on any atom is 0.142 e. The molecule has 2 aliphatic heterocycles. The van der Waals surface area contributed by atoms with Crippen LogP contribution in [-0.4, -0.2) is 25.9 Å². The molecule has 3 nitrogen and oxygen atoms in total. The van der Waals surface area contributed by atoms with Crippen LogP contribution in [0.15, 0.2) is 18.2 Å². The summed E-state index contributed by atoms with van der Waals surface area (Å²) in [6, 6.07) is 6.34. The number of rotatable bonds is 4. The van der Waals surface area contributed by atoms with E-state index in [1.165, 1.54) is 30.5 Å². The molecule has 1 fully saturated rings. The Labute approximate surface area is 108 Å². The number of anilines is 1. The van der Waals surface area contributed by atoms with Crippen molar-refractivity contribution < 1.29 is 9.47 Å². The first-order valence-corrected chi connectivity index (χ1v) is 7.03. The van der Waals surface area contributed by atoms with Gasteiger partial charge in [0.15, 0.2) is 0 Å². The molecule has 2 heterocycles. The molecule has 0 aromatic heterocycles. The number of hydrogen-bond donors (Lipinski definition) is 1. The molecule has 1 unspecified atom stereocenters. The Hall–Kier alpha value is -1.22. The predicted molar refractivity (Wildman–Crippen MR) is 72.3 cm³/mol. The highest BCUT2D eigenvalue weighted by Gasteiger charge is 2.16. The minimum Gasteiger partial charge on any atom is -0.491 e. The van der Waals surface area contributed by atoms with E-state index in [2.05, 4.69) is 23.5 Å². The van der Waals surface area contributed by atoms with Crippen molar-refractivity contribution in [1.29, 1.82) is 0 Å². The molecule has 0 aliphatic carbocycles. The van der Waals surface area contributed by atoms with Crippen LogP contribution in [0.5, 0.6) is 5.75 Å². The van der Waals surface area contributed by atoms with E-state index >= 15 is 0 Å². The van der Waals surface area contributed by atoms with Gasteiger partial charge in [-0.25, -0.2) is 0 Å². The monoisotopic (exact) mass is 247 g/mol. The smallest absolute Gasteiger partial charge is 0.142 e. The minimum absolute atomic E-state index is 0.414. The first kappa shape index (κ1) is 11.8. The highest BCUT2D eigenvalue weighted by Crippen LogP contribution is 2.32. The van der Waals surface area contributed by atoms with E-state index in [0.717, 1.165) is 38.3 Å². The molecule has 1 saturated heterocycles. The lowest BCUT2D eigenvalue weighted by Gasteiger charge is -2.21. The van der Waals surface area contributed by atoms with Gasteiger partial charge in [0, 0.05) is 19.6 Å². The van der Waals surface area contributed by atoms with Crippen molar-refractivity contribution in [1.82, 2.24) is 0 Å². The Bertz CT molecular complexity index is 399. The van der Waals surface area contributed by atoms with E-state index in [1.807, 2.05) is 0 Å². The summed E-state index contributed by atoms with van der Waals surface area (Å²) in [5, 5.41) is 3.45. The summed E-state index contributed by atoms with van der Waals surface area (Å²) in [5.41, 5.74) is 2.59. The van der Waals surface area contributed by atoms with Crippen molar-refractivity contribution in [2.75, 3.05) is 25.1 Å². The fourth-order valence-electron chi connectivity index (χ4n) is 2.77. The summed E-state index contributed by atoms with van der Waals surface area (Å²) in [4.78, 5) is 0. The summed E-state index contributed by atoms with van der Waals surface area (Å²) < 4.78 is 11.5. The molecule has 3 rings (SSSR count). The number of hydrogen-bond acceptors (Lipinski definition) is 3. The number of benzene rings is 1. The second-order valence-electron chi connectivity index (χ2n) is 5.09. The average molecular weight is 247 g/mol. The Balaban J connectivity index is 1.58. The highest BCUT2D eigenvalue weighted by molar-refractivity contribution is 5.63. The maximum absolute atomic E-state index is 5.92. The Morgan fingerprint density at radius 2 is 2.33 bits per heavy atom. The predicted octanol–water partition coefficient (Wildman–Crippen LogP) is 2.99. The van der Waals surface area contributed by atoms with Crippen LogP contribution < -0.4 is 10.1 Å². The van der Waals surface area contributed by atoms with E-state index in [1.54, 1.807) is 0 Å². The zero-order valence-corrected chi connectivity index (χ0v) is 10.8. The molecule has 0 bridgehead atoms. The summed E-state index contributed by atoms with van der Waals surface area (Å²) in [5.74, 6) is 1.00. The van der Waals surface area contributed by atoms with Crippen LogP contribution in [0.3, 0.4) is 0 Å². The summed E-state index contributed by atoms with van der Waals surface area (Å²) in [6.45, 7) is 2.73. The van der Waals surface area contributed by atoms with Gasteiger partial charge in [0.05, 0.1) is 18.4 Å². The van der Waals surface area contributed by atoms with Crippen LogP contribution in [0.4, 0.5) is 5.69 Å².